The zero-order chi connectivity index (χ0) is 16.4. The van der Waals surface area contributed by atoms with Gasteiger partial charge in [0.25, 0.3) is 5.24 Å². The summed E-state index contributed by atoms with van der Waals surface area (Å²) >= 11 is 1.10. The van der Waals surface area contributed by atoms with Gasteiger partial charge in [-0.1, -0.05) is 30.3 Å². The van der Waals surface area contributed by atoms with Gasteiger partial charge >= 0.3 is 5.63 Å². The number of nitrogens with zero attached hydrogens (tertiary/aromatic N) is 1. The number of carbonyl (C=O) groups excluding carboxylic acids is 1. The topological polar surface area (TPSA) is 50.5 Å². The highest BCUT2D eigenvalue weighted by Gasteiger charge is 2.11. The van der Waals surface area contributed by atoms with Gasteiger partial charge in [-0.15, -0.1) is 0 Å². The fourth-order valence-corrected chi connectivity index (χ4v) is 2.94. The molecule has 0 aliphatic heterocycles. The Morgan fingerprint density at radius 2 is 1.78 bits per heavy atom. The molecule has 0 saturated heterocycles. The maximum Gasteiger partial charge on any atom is 0.336 e. The molecule has 0 radical (unpaired) electrons. The molecule has 1 amide bonds. The van der Waals surface area contributed by atoms with Crippen molar-refractivity contribution in [1.29, 1.82) is 0 Å². The number of rotatable bonds is 2. The molecule has 23 heavy (non-hydrogen) atoms. The van der Waals surface area contributed by atoms with Crippen LogP contribution in [0.1, 0.15) is 0 Å². The Bertz CT molecular complexity index is 916. The minimum atomic E-state index is -0.405. The largest absolute Gasteiger partial charge is 0.423 e. The lowest BCUT2D eigenvalue weighted by Gasteiger charge is -2.10. The smallest absolute Gasteiger partial charge is 0.336 e. The van der Waals surface area contributed by atoms with E-state index in [9.17, 15) is 9.59 Å². The number of benzene rings is 2. The van der Waals surface area contributed by atoms with E-state index >= 15 is 0 Å². The second-order valence-electron chi connectivity index (χ2n) is 5.27. The van der Waals surface area contributed by atoms with E-state index in [4.69, 9.17) is 4.42 Å². The molecule has 0 aliphatic rings. The zero-order valence-corrected chi connectivity index (χ0v) is 13.6. The van der Waals surface area contributed by atoms with E-state index in [1.54, 1.807) is 20.2 Å². The number of fused-ring (bicyclic) bond motifs is 1. The molecule has 116 valence electrons. The predicted octanol–water partition coefficient (Wildman–Crippen LogP) is 4.23. The molecule has 0 spiro atoms. The lowest BCUT2D eigenvalue weighted by molar-refractivity contribution is 0.241. The van der Waals surface area contributed by atoms with Crippen LogP contribution in [0.15, 0.2) is 68.7 Å². The highest BCUT2D eigenvalue weighted by atomic mass is 32.2. The number of carbonyl (C=O) groups is 1. The van der Waals surface area contributed by atoms with Crippen LogP contribution in [-0.2, 0) is 0 Å². The first kappa shape index (κ1) is 15.4. The highest BCUT2D eigenvalue weighted by Crippen LogP contribution is 2.30. The van der Waals surface area contributed by atoms with Gasteiger partial charge in [-0.3, -0.25) is 4.79 Å². The van der Waals surface area contributed by atoms with Crippen molar-refractivity contribution in [2.24, 2.45) is 0 Å². The fraction of sp³-hybridized carbons (Fsp3) is 0.111. The summed E-state index contributed by atoms with van der Waals surface area (Å²) in [4.78, 5) is 25.9. The van der Waals surface area contributed by atoms with Crippen LogP contribution in [0.4, 0.5) is 4.79 Å². The number of thioether (sulfide) groups is 1. The van der Waals surface area contributed by atoms with Crippen LogP contribution in [-0.4, -0.2) is 24.2 Å². The van der Waals surface area contributed by atoms with Gasteiger partial charge in [0.15, 0.2) is 0 Å². The third-order valence-corrected chi connectivity index (χ3v) is 4.40. The normalized spacial score (nSPS) is 10.7. The maximum atomic E-state index is 11.9. The summed E-state index contributed by atoms with van der Waals surface area (Å²) in [6.07, 6.45) is 0. The summed E-state index contributed by atoms with van der Waals surface area (Å²) in [6, 6.07) is 16.7. The average Bonchev–Trinajstić information content (AvgIpc) is 2.54. The summed E-state index contributed by atoms with van der Waals surface area (Å²) in [6.45, 7) is 0. The Morgan fingerprint density at radius 1 is 1.04 bits per heavy atom. The average molecular weight is 325 g/mol. The van der Waals surface area contributed by atoms with Crippen LogP contribution in [0.5, 0.6) is 0 Å². The van der Waals surface area contributed by atoms with E-state index in [0.717, 1.165) is 33.2 Å². The Hall–Kier alpha value is -2.53. The summed E-state index contributed by atoms with van der Waals surface area (Å²) in [5, 5.41) is 0.767. The number of hydrogen-bond acceptors (Lipinski definition) is 4. The Morgan fingerprint density at radius 3 is 2.48 bits per heavy atom. The summed E-state index contributed by atoms with van der Waals surface area (Å²) in [5.74, 6) is 0. The van der Waals surface area contributed by atoms with E-state index in [-0.39, 0.29) is 5.24 Å². The molecule has 0 fully saturated rings. The Balaban J connectivity index is 2.11. The van der Waals surface area contributed by atoms with Crippen molar-refractivity contribution in [3.8, 4) is 11.1 Å². The van der Waals surface area contributed by atoms with E-state index in [0.29, 0.717) is 5.58 Å². The molecule has 0 saturated carbocycles. The molecule has 0 aliphatic carbocycles. The first-order valence-corrected chi connectivity index (χ1v) is 7.89. The summed E-state index contributed by atoms with van der Waals surface area (Å²) < 4.78 is 5.31. The van der Waals surface area contributed by atoms with Crippen LogP contribution >= 0.6 is 11.8 Å². The SMILES string of the molecule is CN(C)C(=O)Sc1ccc2c(-c3ccccc3)cc(=O)oc2c1. The van der Waals surface area contributed by atoms with Crippen molar-refractivity contribution in [3.63, 3.8) is 0 Å². The van der Waals surface area contributed by atoms with Crippen LogP contribution in [0.2, 0.25) is 0 Å². The predicted molar refractivity (Wildman–Crippen MR) is 92.9 cm³/mol. The molecule has 1 aromatic heterocycles. The minimum absolute atomic E-state index is 0.0779. The van der Waals surface area contributed by atoms with Crippen molar-refractivity contribution in [2.75, 3.05) is 14.1 Å². The maximum absolute atomic E-state index is 11.9. The van der Waals surface area contributed by atoms with Gasteiger partial charge in [0.05, 0.1) is 0 Å². The van der Waals surface area contributed by atoms with Crippen molar-refractivity contribution < 1.29 is 9.21 Å². The molecule has 5 heteroatoms. The standard InChI is InChI=1S/C18H15NO3S/c1-19(2)18(21)23-13-8-9-14-15(12-6-4-3-5-7-12)11-17(20)22-16(14)10-13/h3-11H,1-2H3. The molecule has 0 unspecified atom stereocenters. The first-order chi connectivity index (χ1) is 11.0. The molecule has 3 rings (SSSR count). The van der Waals surface area contributed by atoms with Crippen LogP contribution < -0.4 is 5.63 Å². The van der Waals surface area contributed by atoms with E-state index in [1.807, 2.05) is 42.5 Å². The molecular formula is C18H15NO3S. The molecule has 0 atom stereocenters. The molecule has 2 aromatic carbocycles. The fourth-order valence-electron chi connectivity index (χ4n) is 2.26. The molecule has 3 aromatic rings. The van der Waals surface area contributed by atoms with Crippen LogP contribution in [0, 0.1) is 0 Å². The highest BCUT2D eigenvalue weighted by molar-refractivity contribution is 8.13. The van der Waals surface area contributed by atoms with Crippen molar-refractivity contribution in [1.82, 2.24) is 4.90 Å². The van der Waals surface area contributed by atoms with Gasteiger partial charge < -0.3 is 9.32 Å². The Kier molecular flexibility index (Phi) is 4.21. The molecule has 0 bridgehead atoms. The lowest BCUT2D eigenvalue weighted by Crippen LogP contribution is -2.15. The monoisotopic (exact) mass is 325 g/mol. The van der Waals surface area contributed by atoms with E-state index in [2.05, 4.69) is 0 Å². The van der Waals surface area contributed by atoms with E-state index < -0.39 is 5.63 Å². The molecule has 0 N–H and O–H groups in total. The zero-order valence-electron chi connectivity index (χ0n) is 12.8. The minimum Gasteiger partial charge on any atom is -0.423 e. The van der Waals surface area contributed by atoms with Crippen molar-refractivity contribution >= 4 is 28.0 Å². The molecule has 1 heterocycles. The van der Waals surface area contributed by atoms with Gasteiger partial charge in [-0.2, -0.15) is 0 Å². The van der Waals surface area contributed by atoms with Crippen molar-refractivity contribution in [2.45, 2.75) is 4.90 Å². The van der Waals surface area contributed by atoms with Gasteiger partial charge in [-0.05, 0) is 41.1 Å². The quantitative estimate of drug-likeness (QED) is 0.522. The second-order valence-corrected chi connectivity index (χ2v) is 6.29. The van der Waals surface area contributed by atoms with Crippen LogP contribution in [0.25, 0.3) is 22.1 Å². The first-order valence-electron chi connectivity index (χ1n) is 7.07. The number of amides is 1. The third-order valence-electron chi connectivity index (χ3n) is 3.37. The Labute approximate surface area is 137 Å². The van der Waals surface area contributed by atoms with Crippen LogP contribution in [0.3, 0.4) is 0 Å². The number of hydrogen-bond donors (Lipinski definition) is 0. The van der Waals surface area contributed by atoms with Gasteiger partial charge in [0.2, 0.25) is 0 Å². The van der Waals surface area contributed by atoms with Gasteiger partial charge in [-0.25, -0.2) is 4.79 Å². The molecular weight excluding hydrogens is 310 g/mol. The van der Waals surface area contributed by atoms with Gasteiger partial charge in [0, 0.05) is 30.4 Å². The third kappa shape index (κ3) is 3.29. The van der Waals surface area contributed by atoms with Crippen molar-refractivity contribution in [3.05, 3.63) is 65.0 Å². The van der Waals surface area contributed by atoms with E-state index in [1.165, 1.54) is 11.0 Å². The molecule has 4 nitrogen and oxygen atoms in total. The summed E-state index contributed by atoms with van der Waals surface area (Å²) in [7, 11) is 3.40. The lowest BCUT2D eigenvalue weighted by atomic mass is 10.0. The second kappa shape index (κ2) is 6.30. The summed E-state index contributed by atoms with van der Waals surface area (Å²) in [5.41, 5.74) is 1.85. The van der Waals surface area contributed by atoms with Gasteiger partial charge in [0.1, 0.15) is 5.58 Å².